The monoisotopic (exact) mass is 154 g/mol. The van der Waals surface area contributed by atoms with E-state index in [0.717, 1.165) is 12.8 Å². The van der Waals surface area contributed by atoms with Crippen molar-refractivity contribution in [2.45, 2.75) is 26.7 Å². The van der Waals surface area contributed by atoms with Crippen LogP contribution in [0.15, 0.2) is 12.3 Å². The molecule has 1 aliphatic carbocycles. The molecular formula is C9H14O2. The van der Waals surface area contributed by atoms with Gasteiger partial charge in [0, 0.05) is 11.5 Å². The summed E-state index contributed by atoms with van der Waals surface area (Å²) in [7, 11) is 0. The maximum absolute atomic E-state index is 11.2. The van der Waals surface area contributed by atoms with Crippen LogP contribution in [-0.4, -0.2) is 12.4 Å². The average molecular weight is 154 g/mol. The summed E-state index contributed by atoms with van der Waals surface area (Å²) in [5.74, 6) is 0.200. The summed E-state index contributed by atoms with van der Waals surface area (Å²) in [6, 6.07) is 0. The fraction of sp³-hybridized carbons (Fsp3) is 0.667. The van der Waals surface area contributed by atoms with Crippen molar-refractivity contribution in [3.05, 3.63) is 12.3 Å². The molecule has 2 nitrogen and oxygen atoms in total. The van der Waals surface area contributed by atoms with Gasteiger partial charge in [0.15, 0.2) is 5.78 Å². The molecule has 0 aromatic rings. The van der Waals surface area contributed by atoms with Gasteiger partial charge < -0.3 is 4.74 Å². The van der Waals surface area contributed by atoms with Crippen molar-refractivity contribution in [1.29, 1.82) is 0 Å². The van der Waals surface area contributed by atoms with E-state index in [9.17, 15) is 4.79 Å². The third-order valence-corrected chi connectivity index (χ3v) is 2.08. The van der Waals surface area contributed by atoms with E-state index in [1.165, 1.54) is 12.3 Å². The quantitative estimate of drug-likeness (QED) is 0.456. The van der Waals surface area contributed by atoms with Crippen LogP contribution < -0.4 is 0 Å². The van der Waals surface area contributed by atoms with Gasteiger partial charge in [0.25, 0.3) is 0 Å². The Bertz CT molecular complexity index is 178. The van der Waals surface area contributed by atoms with Crippen molar-refractivity contribution >= 4 is 5.78 Å². The first kappa shape index (κ1) is 8.31. The Morgan fingerprint density at radius 1 is 1.64 bits per heavy atom. The fourth-order valence-corrected chi connectivity index (χ4v) is 0.841. The summed E-state index contributed by atoms with van der Waals surface area (Å²) >= 11 is 0. The molecule has 62 valence electrons. The molecular weight excluding hydrogens is 140 g/mol. The lowest BCUT2D eigenvalue weighted by atomic mass is 10.0. The molecule has 1 fully saturated rings. The number of allylic oxidation sites excluding steroid dienone is 1. The van der Waals surface area contributed by atoms with E-state index in [2.05, 4.69) is 0 Å². The Morgan fingerprint density at radius 3 is 2.73 bits per heavy atom. The standard InChI is InChI=1S/C9H14O2/c1-3-11-7-4-8(10)9(2)5-6-9/h4,7H,3,5-6H2,1-2H3. The zero-order valence-corrected chi connectivity index (χ0v) is 7.09. The average Bonchev–Trinajstić information content (AvgIpc) is 2.70. The molecule has 0 N–H and O–H groups in total. The minimum Gasteiger partial charge on any atom is -0.501 e. The van der Waals surface area contributed by atoms with Crippen molar-refractivity contribution < 1.29 is 9.53 Å². The van der Waals surface area contributed by atoms with Crippen LogP contribution in [-0.2, 0) is 9.53 Å². The van der Waals surface area contributed by atoms with Gasteiger partial charge in [-0.15, -0.1) is 0 Å². The largest absolute Gasteiger partial charge is 0.501 e. The van der Waals surface area contributed by atoms with Gasteiger partial charge in [-0.3, -0.25) is 4.79 Å². The van der Waals surface area contributed by atoms with Crippen molar-refractivity contribution in [1.82, 2.24) is 0 Å². The SMILES string of the molecule is CCOC=CC(=O)C1(C)CC1. The second kappa shape index (κ2) is 3.07. The molecule has 0 saturated heterocycles. The predicted molar refractivity (Wildman–Crippen MR) is 43.1 cm³/mol. The molecule has 0 unspecified atom stereocenters. The molecule has 0 atom stereocenters. The highest BCUT2D eigenvalue weighted by Crippen LogP contribution is 2.45. The second-order valence-corrected chi connectivity index (χ2v) is 3.18. The third-order valence-electron chi connectivity index (χ3n) is 2.08. The van der Waals surface area contributed by atoms with Gasteiger partial charge in [-0.25, -0.2) is 0 Å². The number of rotatable bonds is 4. The van der Waals surface area contributed by atoms with Gasteiger partial charge in [-0.2, -0.15) is 0 Å². The van der Waals surface area contributed by atoms with Crippen LogP contribution in [0.1, 0.15) is 26.7 Å². The van der Waals surface area contributed by atoms with Crippen LogP contribution in [0.3, 0.4) is 0 Å². The Labute approximate surface area is 67.2 Å². The smallest absolute Gasteiger partial charge is 0.164 e. The zero-order chi connectivity index (χ0) is 8.32. The van der Waals surface area contributed by atoms with Gasteiger partial charge in [0.05, 0.1) is 12.9 Å². The number of ketones is 1. The van der Waals surface area contributed by atoms with Crippen molar-refractivity contribution in [3.63, 3.8) is 0 Å². The Hall–Kier alpha value is -0.790. The first-order valence-electron chi connectivity index (χ1n) is 4.01. The highest BCUT2D eigenvalue weighted by Gasteiger charge is 2.43. The lowest BCUT2D eigenvalue weighted by Gasteiger charge is -2.00. The Kier molecular flexibility index (Phi) is 2.32. The van der Waals surface area contributed by atoms with Crippen LogP contribution >= 0.6 is 0 Å². The van der Waals surface area contributed by atoms with Crippen molar-refractivity contribution in [2.24, 2.45) is 5.41 Å². The molecule has 0 aromatic carbocycles. The van der Waals surface area contributed by atoms with E-state index in [1.807, 2.05) is 13.8 Å². The summed E-state index contributed by atoms with van der Waals surface area (Å²) in [4.78, 5) is 11.2. The molecule has 0 radical (unpaired) electrons. The van der Waals surface area contributed by atoms with E-state index < -0.39 is 0 Å². The normalized spacial score (nSPS) is 20.2. The van der Waals surface area contributed by atoms with Gasteiger partial charge in [-0.05, 0) is 19.8 Å². The van der Waals surface area contributed by atoms with Gasteiger partial charge in [0.2, 0.25) is 0 Å². The highest BCUT2D eigenvalue weighted by atomic mass is 16.5. The third kappa shape index (κ3) is 2.07. The molecule has 0 aliphatic heterocycles. The van der Waals surface area contributed by atoms with Crippen molar-refractivity contribution in [3.8, 4) is 0 Å². The topological polar surface area (TPSA) is 26.3 Å². The van der Waals surface area contributed by atoms with E-state index in [-0.39, 0.29) is 11.2 Å². The van der Waals surface area contributed by atoms with E-state index >= 15 is 0 Å². The van der Waals surface area contributed by atoms with Crippen LogP contribution in [0.2, 0.25) is 0 Å². The van der Waals surface area contributed by atoms with Gasteiger partial charge in [0.1, 0.15) is 0 Å². The molecule has 1 saturated carbocycles. The van der Waals surface area contributed by atoms with Crippen LogP contribution in [0.4, 0.5) is 0 Å². The lowest BCUT2D eigenvalue weighted by molar-refractivity contribution is -0.118. The van der Waals surface area contributed by atoms with Crippen molar-refractivity contribution in [2.75, 3.05) is 6.61 Å². The Morgan fingerprint density at radius 2 is 2.27 bits per heavy atom. The lowest BCUT2D eigenvalue weighted by Crippen LogP contribution is -2.07. The second-order valence-electron chi connectivity index (χ2n) is 3.18. The van der Waals surface area contributed by atoms with E-state index in [4.69, 9.17) is 4.74 Å². The number of hydrogen-bond donors (Lipinski definition) is 0. The molecule has 0 spiro atoms. The maximum Gasteiger partial charge on any atom is 0.164 e. The summed E-state index contributed by atoms with van der Waals surface area (Å²) in [6.07, 6.45) is 5.09. The summed E-state index contributed by atoms with van der Waals surface area (Å²) in [6.45, 7) is 4.51. The summed E-state index contributed by atoms with van der Waals surface area (Å²) < 4.78 is 4.93. The molecule has 1 rings (SSSR count). The first-order valence-corrected chi connectivity index (χ1v) is 4.01. The molecule has 11 heavy (non-hydrogen) atoms. The van der Waals surface area contributed by atoms with E-state index in [1.54, 1.807) is 0 Å². The fourth-order valence-electron chi connectivity index (χ4n) is 0.841. The number of hydrogen-bond acceptors (Lipinski definition) is 2. The summed E-state index contributed by atoms with van der Waals surface area (Å²) in [5, 5.41) is 0. The van der Waals surface area contributed by atoms with E-state index in [0.29, 0.717) is 6.61 Å². The number of carbonyl (C=O) groups is 1. The first-order chi connectivity index (χ1) is 5.19. The van der Waals surface area contributed by atoms with Crippen LogP contribution in [0.25, 0.3) is 0 Å². The summed E-state index contributed by atoms with van der Waals surface area (Å²) in [5.41, 5.74) is -0.0480. The maximum atomic E-state index is 11.2. The molecule has 0 aromatic heterocycles. The predicted octanol–water partition coefficient (Wildman–Crippen LogP) is 1.91. The number of ether oxygens (including phenoxy) is 1. The molecule has 2 heteroatoms. The highest BCUT2D eigenvalue weighted by molar-refractivity contribution is 5.96. The minimum atomic E-state index is -0.0480. The zero-order valence-electron chi connectivity index (χ0n) is 7.09. The van der Waals surface area contributed by atoms with Gasteiger partial charge >= 0.3 is 0 Å². The molecule has 0 amide bonds. The minimum absolute atomic E-state index is 0.0480. The van der Waals surface area contributed by atoms with Crippen LogP contribution in [0, 0.1) is 5.41 Å². The Balaban J connectivity index is 2.31. The molecule has 0 heterocycles. The molecule has 0 bridgehead atoms. The van der Waals surface area contributed by atoms with Gasteiger partial charge in [-0.1, -0.05) is 6.92 Å². The molecule has 1 aliphatic rings. The number of carbonyl (C=O) groups excluding carboxylic acids is 1. The van der Waals surface area contributed by atoms with Crippen LogP contribution in [0.5, 0.6) is 0 Å².